The first kappa shape index (κ1) is 18.2. The maximum atomic E-state index is 12.7. The molecule has 5 heteroatoms. The van der Waals surface area contributed by atoms with Gasteiger partial charge in [0.25, 0.3) is 0 Å². The fourth-order valence-electron chi connectivity index (χ4n) is 3.78. The predicted octanol–water partition coefficient (Wildman–Crippen LogP) is 1.87. The van der Waals surface area contributed by atoms with E-state index in [1.165, 1.54) is 0 Å². The molecule has 2 heterocycles. The van der Waals surface area contributed by atoms with Crippen LogP contribution in [0.5, 0.6) is 0 Å². The van der Waals surface area contributed by atoms with Gasteiger partial charge in [-0.3, -0.25) is 9.59 Å². The molecular formula is C18H33N3O2. The molecule has 0 unspecified atom stereocenters. The zero-order valence-electron chi connectivity index (χ0n) is 15.0. The number of nitrogens with one attached hydrogen (secondary N) is 1. The van der Waals surface area contributed by atoms with Gasteiger partial charge in [-0.05, 0) is 45.6 Å². The van der Waals surface area contributed by atoms with Crippen LogP contribution in [0.4, 0.5) is 0 Å². The number of hydrogen-bond donors (Lipinski definition) is 1. The Balaban J connectivity index is 1.79. The Bertz CT molecular complexity index is 405. The van der Waals surface area contributed by atoms with Gasteiger partial charge in [-0.2, -0.15) is 0 Å². The van der Waals surface area contributed by atoms with Crippen molar-refractivity contribution in [2.24, 2.45) is 11.8 Å². The maximum absolute atomic E-state index is 12.7. The summed E-state index contributed by atoms with van der Waals surface area (Å²) < 4.78 is 0. The summed E-state index contributed by atoms with van der Waals surface area (Å²) in [7, 11) is 1.91. The van der Waals surface area contributed by atoms with Crippen molar-refractivity contribution in [1.82, 2.24) is 15.1 Å². The fourth-order valence-corrected chi connectivity index (χ4v) is 3.78. The van der Waals surface area contributed by atoms with Gasteiger partial charge in [0.15, 0.2) is 0 Å². The second-order valence-electron chi connectivity index (χ2n) is 7.29. The first-order valence-corrected chi connectivity index (χ1v) is 9.30. The van der Waals surface area contributed by atoms with Crippen LogP contribution in [0.2, 0.25) is 0 Å². The molecule has 0 aromatic heterocycles. The normalized spacial score (nSPS) is 26.1. The second-order valence-corrected chi connectivity index (χ2v) is 7.29. The molecule has 0 spiro atoms. The number of likely N-dealkylation sites (tertiary alicyclic amines) is 1. The minimum atomic E-state index is 0.104. The molecule has 2 saturated heterocycles. The van der Waals surface area contributed by atoms with E-state index in [9.17, 15) is 9.59 Å². The van der Waals surface area contributed by atoms with Crippen LogP contribution in [0.1, 0.15) is 52.4 Å². The van der Waals surface area contributed by atoms with Crippen LogP contribution in [0.25, 0.3) is 0 Å². The molecule has 2 aliphatic rings. The highest BCUT2D eigenvalue weighted by Crippen LogP contribution is 2.24. The highest BCUT2D eigenvalue weighted by Gasteiger charge is 2.33. The SMILES string of the molecule is CCCCN(C)C(=O)C1CCN(C(=O)[C@H]2CCN[C@@H](C)C2)CC1. The van der Waals surface area contributed by atoms with E-state index in [2.05, 4.69) is 19.2 Å². The minimum absolute atomic E-state index is 0.104. The van der Waals surface area contributed by atoms with Crippen LogP contribution < -0.4 is 5.32 Å². The molecule has 2 fully saturated rings. The van der Waals surface area contributed by atoms with Crippen molar-refractivity contribution in [3.8, 4) is 0 Å². The largest absolute Gasteiger partial charge is 0.346 e. The summed E-state index contributed by atoms with van der Waals surface area (Å²) in [4.78, 5) is 29.0. The number of carbonyl (C=O) groups excluding carboxylic acids is 2. The summed E-state index contributed by atoms with van der Waals surface area (Å²) in [5.74, 6) is 0.850. The van der Waals surface area contributed by atoms with Crippen LogP contribution in [0.15, 0.2) is 0 Å². The molecule has 0 aromatic carbocycles. The van der Waals surface area contributed by atoms with Gasteiger partial charge in [0, 0.05) is 44.6 Å². The predicted molar refractivity (Wildman–Crippen MR) is 92.0 cm³/mol. The molecule has 132 valence electrons. The van der Waals surface area contributed by atoms with E-state index >= 15 is 0 Å². The summed E-state index contributed by atoms with van der Waals surface area (Å²) in [6, 6.07) is 0.434. The molecule has 0 radical (unpaired) electrons. The van der Waals surface area contributed by atoms with Crippen molar-refractivity contribution in [2.45, 2.75) is 58.4 Å². The third-order valence-electron chi connectivity index (χ3n) is 5.35. The first-order valence-electron chi connectivity index (χ1n) is 9.30. The third-order valence-corrected chi connectivity index (χ3v) is 5.35. The lowest BCUT2D eigenvalue weighted by Gasteiger charge is -2.37. The Kier molecular flexibility index (Phi) is 6.88. The zero-order valence-corrected chi connectivity index (χ0v) is 15.0. The molecule has 2 rings (SSSR count). The van der Waals surface area contributed by atoms with E-state index in [4.69, 9.17) is 0 Å². The van der Waals surface area contributed by atoms with Crippen LogP contribution in [-0.2, 0) is 9.59 Å². The third kappa shape index (κ3) is 4.93. The van der Waals surface area contributed by atoms with Gasteiger partial charge in [0.1, 0.15) is 0 Å². The topological polar surface area (TPSA) is 52.7 Å². The van der Waals surface area contributed by atoms with Crippen molar-refractivity contribution >= 4 is 11.8 Å². The molecule has 5 nitrogen and oxygen atoms in total. The molecule has 1 N–H and O–H groups in total. The lowest BCUT2D eigenvalue weighted by Crippen LogP contribution is -2.48. The summed E-state index contributed by atoms with van der Waals surface area (Å²) in [5.41, 5.74) is 0. The van der Waals surface area contributed by atoms with Gasteiger partial charge in [0.2, 0.25) is 11.8 Å². The Morgan fingerprint density at radius 2 is 1.87 bits per heavy atom. The monoisotopic (exact) mass is 323 g/mol. The van der Waals surface area contributed by atoms with Crippen molar-refractivity contribution < 1.29 is 9.59 Å². The molecular weight excluding hydrogens is 290 g/mol. The summed E-state index contributed by atoms with van der Waals surface area (Å²) in [6.07, 6.45) is 5.70. The Hall–Kier alpha value is -1.10. The van der Waals surface area contributed by atoms with Gasteiger partial charge in [0.05, 0.1) is 0 Å². The minimum Gasteiger partial charge on any atom is -0.346 e. The van der Waals surface area contributed by atoms with E-state index in [0.29, 0.717) is 11.9 Å². The standard InChI is InChI=1S/C18H33N3O2/c1-4-5-10-20(3)17(22)15-7-11-21(12-8-15)18(23)16-6-9-19-14(2)13-16/h14-16,19H,4-13H2,1-3H3/t14-,16-/m0/s1. The average Bonchev–Trinajstić information content (AvgIpc) is 2.58. The molecule has 23 heavy (non-hydrogen) atoms. The van der Waals surface area contributed by atoms with Crippen molar-refractivity contribution in [2.75, 3.05) is 33.2 Å². The van der Waals surface area contributed by atoms with Crippen LogP contribution in [0.3, 0.4) is 0 Å². The van der Waals surface area contributed by atoms with Crippen molar-refractivity contribution in [3.05, 3.63) is 0 Å². The molecule has 0 bridgehead atoms. The molecule has 0 aliphatic carbocycles. The molecule has 2 atom stereocenters. The van der Waals surface area contributed by atoms with Crippen molar-refractivity contribution in [1.29, 1.82) is 0 Å². The quantitative estimate of drug-likeness (QED) is 0.840. The number of amides is 2. The number of rotatable bonds is 5. The molecule has 0 saturated carbocycles. The van der Waals surface area contributed by atoms with E-state index in [-0.39, 0.29) is 17.7 Å². The Morgan fingerprint density at radius 1 is 1.17 bits per heavy atom. The number of piperidine rings is 2. The van der Waals surface area contributed by atoms with Crippen LogP contribution >= 0.6 is 0 Å². The molecule has 0 aromatic rings. The molecule has 2 amide bonds. The van der Waals surface area contributed by atoms with Gasteiger partial charge in [-0.1, -0.05) is 13.3 Å². The Morgan fingerprint density at radius 3 is 2.48 bits per heavy atom. The van der Waals surface area contributed by atoms with Crippen molar-refractivity contribution in [3.63, 3.8) is 0 Å². The average molecular weight is 323 g/mol. The first-order chi connectivity index (χ1) is 11.0. The Labute approximate surface area is 140 Å². The highest BCUT2D eigenvalue weighted by molar-refractivity contribution is 5.81. The van der Waals surface area contributed by atoms with E-state index < -0.39 is 0 Å². The maximum Gasteiger partial charge on any atom is 0.225 e. The lowest BCUT2D eigenvalue weighted by molar-refractivity contribution is -0.142. The van der Waals surface area contributed by atoms with Crippen LogP contribution in [0, 0.1) is 11.8 Å². The summed E-state index contributed by atoms with van der Waals surface area (Å²) in [5, 5.41) is 3.40. The van der Waals surface area contributed by atoms with E-state index in [1.807, 2.05) is 16.8 Å². The zero-order chi connectivity index (χ0) is 16.8. The summed E-state index contributed by atoms with van der Waals surface area (Å²) in [6.45, 7) is 7.57. The number of nitrogens with zero attached hydrogens (tertiary/aromatic N) is 2. The van der Waals surface area contributed by atoms with Gasteiger partial charge < -0.3 is 15.1 Å². The van der Waals surface area contributed by atoms with Gasteiger partial charge in [-0.15, -0.1) is 0 Å². The number of carbonyl (C=O) groups is 2. The second kappa shape index (κ2) is 8.67. The number of unbranched alkanes of at least 4 members (excludes halogenated alkanes) is 1. The highest BCUT2D eigenvalue weighted by atomic mass is 16.2. The molecule has 2 aliphatic heterocycles. The van der Waals surface area contributed by atoms with Crippen LogP contribution in [-0.4, -0.2) is 60.9 Å². The van der Waals surface area contributed by atoms with E-state index in [0.717, 1.165) is 64.7 Å². The fraction of sp³-hybridized carbons (Fsp3) is 0.889. The van der Waals surface area contributed by atoms with Gasteiger partial charge >= 0.3 is 0 Å². The lowest BCUT2D eigenvalue weighted by atomic mass is 9.89. The number of hydrogen-bond acceptors (Lipinski definition) is 3. The smallest absolute Gasteiger partial charge is 0.225 e. The van der Waals surface area contributed by atoms with E-state index in [1.54, 1.807) is 0 Å². The van der Waals surface area contributed by atoms with Gasteiger partial charge in [-0.25, -0.2) is 0 Å². The summed E-state index contributed by atoms with van der Waals surface area (Å²) >= 11 is 0.